The van der Waals surface area contributed by atoms with Gasteiger partial charge >= 0.3 is 0 Å². The Morgan fingerprint density at radius 1 is 1.00 bits per heavy atom. The predicted octanol–water partition coefficient (Wildman–Crippen LogP) is 1.49. The van der Waals surface area contributed by atoms with Crippen LogP contribution in [0.2, 0.25) is 0 Å². The van der Waals surface area contributed by atoms with Crippen LogP contribution in [0.1, 0.15) is 29.8 Å². The zero-order valence-electron chi connectivity index (χ0n) is 15.4. The summed E-state index contributed by atoms with van der Waals surface area (Å²) >= 11 is 0. The van der Waals surface area contributed by atoms with E-state index in [1.165, 1.54) is 18.2 Å². The largest absolute Gasteiger partial charge is 0.548 e. The van der Waals surface area contributed by atoms with E-state index < -0.39 is 35.6 Å². The maximum atomic E-state index is 14.0. The molecule has 1 atom stereocenters. The van der Waals surface area contributed by atoms with Gasteiger partial charge in [0, 0.05) is 11.1 Å². The van der Waals surface area contributed by atoms with Gasteiger partial charge in [-0.3, -0.25) is 9.59 Å². The summed E-state index contributed by atoms with van der Waals surface area (Å²) in [4.78, 5) is 36.3. The second kappa shape index (κ2) is 9.45. The van der Waals surface area contributed by atoms with E-state index in [9.17, 15) is 23.9 Å². The van der Waals surface area contributed by atoms with E-state index >= 15 is 0 Å². The van der Waals surface area contributed by atoms with Crippen molar-refractivity contribution >= 4 is 23.9 Å². The summed E-state index contributed by atoms with van der Waals surface area (Å²) in [5.41, 5.74) is 0.0662. The van der Waals surface area contributed by atoms with Crippen molar-refractivity contribution in [2.24, 2.45) is 5.92 Å². The van der Waals surface area contributed by atoms with Crippen molar-refractivity contribution in [2.75, 3.05) is 0 Å². The number of hydrogen-bond acceptors (Lipinski definition) is 4. The van der Waals surface area contributed by atoms with E-state index in [2.05, 4.69) is 10.6 Å². The Bertz CT molecular complexity index is 894. The van der Waals surface area contributed by atoms with Gasteiger partial charge in [0.05, 0.1) is 12.0 Å². The van der Waals surface area contributed by atoms with Gasteiger partial charge in [0.25, 0.3) is 11.8 Å². The lowest BCUT2D eigenvalue weighted by atomic mass is 10.0. The Balaban J connectivity index is 2.35. The smallest absolute Gasteiger partial charge is 0.268 e. The Morgan fingerprint density at radius 3 is 2.18 bits per heavy atom. The standard InChI is InChI=1S/C21H21FN2O4/c1-13(2)18(21(27)28)24-20(26)17(12-15-10-6-7-11-16(15)22)23-19(25)14-8-4-3-5-9-14/h3-13,18H,1-2H3,(H,23,25)(H,24,26)(H,27,28)/p-1/b17-12-/t18-/m0/s1. The molecule has 0 aliphatic rings. The van der Waals surface area contributed by atoms with Crippen LogP contribution in [0.4, 0.5) is 4.39 Å². The highest BCUT2D eigenvalue weighted by Crippen LogP contribution is 2.12. The molecule has 0 aromatic heterocycles. The summed E-state index contributed by atoms with van der Waals surface area (Å²) in [6.45, 7) is 3.20. The monoisotopic (exact) mass is 383 g/mol. The minimum absolute atomic E-state index is 0.0653. The summed E-state index contributed by atoms with van der Waals surface area (Å²) in [7, 11) is 0. The minimum Gasteiger partial charge on any atom is -0.548 e. The van der Waals surface area contributed by atoms with Gasteiger partial charge in [0.15, 0.2) is 0 Å². The van der Waals surface area contributed by atoms with E-state index in [1.807, 2.05) is 0 Å². The van der Waals surface area contributed by atoms with Crippen LogP contribution in [0.3, 0.4) is 0 Å². The maximum Gasteiger partial charge on any atom is 0.268 e. The van der Waals surface area contributed by atoms with Gasteiger partial charge in [-0.25, -0.2) is 4.39 Å². The molecule has 2 amide bonds. The fourth-order valence-corrected chi connectivity index (χ4v) is 2.41. The molecule has 0 radical (unpaired) electrons. The lowest BCUT2D eigenvalue weighted by molar-refractivity contribution is -0.309. The highest BCUT2D eigenvalue weighted by Gasteiger charge is 2.21. The van der Waals surface area contributed by atoms with E-state index in [4.69, 9.17) is 0 Å². The van der Waals surface area contributed by atoms with E-state index in [0.29, 0.717) is 0 Å². The van der Waals surface area contributed by atoms with Crippen LogP contribution in [-0.2, 0) is 9.59 Å². The van der Waals surface area contributed by atoms with Crippen molar-refractivity contribution in [3.05, 3.63) is 77.2 Å². The molecule has 2 aromatic rings. The number of carbonyl (C=O) groups excluding carboxylic acids is 3. The molecule has 0 bridgehead atoms. The number of carbonyl (C=O) groups is 3. The fourth-order valence-electron chi connectivity index (χ4n) is 2.41. The Morgan fingerprint density at radius 2 is 1.61 bits per heavy atom. The van der Waals surface area contributed by atoms with Crippen molar-refractivity contribution in [3.8, 4) is 0 Å². The van der Waals surface area contributed by atoms with E-state index in [1.54, 1.807) is 50.2 Å². The molecule has 7 heteroatoms. The molecule has 0 aliphatic carbocycles. The number of benzene rings is 2. The van der Waals surface area contributed by atoms with Crippen molar-refractivity contribution in [1.82, 2.24) is 10.6 Å². The second-order valence-corrected chi connectivity index (χ2v) is 6.41. The topological polar surface area (TPSA) is 98.3 Å². The summed E-state index contributed by atoms with van der Waals surface area (Å²) < 4.78 is 14.0. The van der Waals surface area contributed by atoms with Gasteiger partial charge in [0.1, 0.15) is 11.5 Å². The third kappa shape index (κ3) is 5.51. The first kappa shape index (κ1) is 20.8. The van der Waals surface area contributed by atoms with Gasteiger partial charge < -0.3 is 20.5 Å². The van der Waals surface area contributed by atoms with E-state index in [-0.39, 0.29) is 16.8 Å². The number of nitrogens with one attached hydrogen (secondary N) is 2. The van der Waals surface area contributed by atoms with Gasteiger partial charge in [-0.05, 0) is 30.2 Å². The van der Waals surface area contributed by atoms with Crippen molar-refractivity contribution in [3.63, 3.8) is 0 Å². The highest BCUT2D eigenvalue weighted by atomic mass is 19.1. The molecule has 6 nitrogen and oxygen atoms in total. The van der Waals surface area contributed by atoms with Gasteiger partial charge in [-0.2, -0.15) is 0 Å². The normalized spacial score (nSPS) is 12.4. The van der Waals surface area contributed by atoms with Crippen molar-refractivity contribution in [1.29, 1.82) is 0 Å². The molecule has 0 saturated heterocycles. The maximum absolute atomic E-state index is 14.0. The number of rotatable bonds is 7. The number of hydrogen-bond donors (Lipinski definition) is 2. The molecule has 2 rings (SSSR count). The van der Waals surface area contributed by atoms with Crippen LogP contribution in [0.5, 0.6) is 0 Å². The van der Waals surface area contributed by atoms with E-state index in [0.717, 1.165) is 6.08 Å². The highest BCUT2D eigenvalue weighted by molar-refractivity contribution is 6.06. The molecule has 28 heavy (non-hydrogen) atoms. The minimum atomic E-state index is -1.46. The second-order valence-electron chi connectivity index (χ2n) is 6.41. The zero-order valence-corrected chi connectivity index (χ0v) is 15.4. The summed E-state index contributed by atoms with van der Waals surface area (Å²) in [6.07, 6.45) is 1.15. The molecule has 0 aliphatic heterocycles. The van der Waals surface area contributed by atoms with Crippen LogP contribution >= 0.6 is 0 Å². The number of amides is 2. The van der Waals surface area contributed by atoms with Crippen LogP contribution in [0, 0.1) is 11.7 Å². The van der Waals surface area contributed by atoms with Crippen LogP contribution in [-0.4, -0.2) is 23.8 Å². The Kier molecular flexibility index (Phi) is 7.03. The van der Waals surface area contributed by atoms with Crippen LogP contribution in [0.15, 0.2) is 60.3 Å². The van der Waals surface area contributed by atoms with Crippen LogP contribution in [0.25, 0.3) is 6.08 Å². The molecular formula is C21H20FN2O4-. The molecule has 0 heterocycles. The van der Waals surface area contributed by atoms with Gasteiger partial charge in [-0.15, -0.1) is 0 Å². The summed E-state index contributed by atoms with van der Waals surface area (Å²) in [6, 6.07) is 12.5. The summed E-state index contributed by atoms with van der Waals surface area (Å²) in [5, 5.41) is 16.0. The predicted molar refractivity (Wildman–Crippen MR) is 100 cm³/mol. The van der Waals surface area contributed by atoms with Crippen molar-refractivity contribution in [2.45, 2.75) is 19.9 Å². The number of aliphatic carboxylic acids is 1. The van der Waals surface area contributed by atoms with Gasteiger partial charge in [0.2, 0.25) is 0 Å². The third-order valence-electron chi connectivity index (χ3n) is 3.94. The molecular weight excluding hydrogens is 363 g/mol. The number of carboxylic acid groups (broad SMARTS) is 1. The molecule has 0 unspecified atom stereocenters. The molecule has 0 spiro atoms. The molecule has 0 saturated carbocycles. The molecule has 2 aromatic carbocycles. The Labute approximate surface area is 162 Å². The Hall–Kier alpha value is -3.48. The quantitative estimate of drug-likeness (QED) is 0.708. The SMILES string of the molecule is CC(C)[C@H](NC(=O)/C(=C/c1ccccc1F)NC(=O)c1ccccc1)C(=O)[O-]. The molecule has 146 valence electrons. The average Bonchev–Trinajstić information content (AvgIpc) is 2.67. The first-order valence-electron chi connectivity index (χ1n) is 8.64. The fraction of sp³-hybridized carbons (Fsp3) is 0.190. The van der Waals surface area contributed by atoms with Crippen molar-refractivity contribution < 1.29 is 23.9 Å². The number of carboxylic acids is 1. The van der Waals surface area contributed by atoms with Gasteiger partial charge in [-0.1, -0.05) is 50.2 Å². The first-order chi connectivity index (χ1) is 13.3. The molecule has 0 fully saturated rings. The lowest BCUT2D eigenvalue weighted by Crippen LogP contribution is -2.52. The lowest BCUT2D eigenvalue weighted by Gasteiger charge is -2.24. The average molecular weight is 383 g/mol. The third-order valence-corrected chi connectivity index (χ3v) is 3.94. The first-order valence-corrected chi connectivity index (χ1v) is 8.64. The number of halogens is 1. The van der Waals surface area contributed by atoms with Crippen LogP contribution < -0.4 is 15.7 Å². The summed E-state index contributed by atoms with van der Waals surface area (Å²) in [5.74, 6) is -3.96. The molecule has 2 N–H and O–H groups in total. The zero-order chi connectivity index (χ0) is 20.7.